The Kier molecular flexibility index (Phi) is 9.09. The predicted octanol–water partition coefficient (Wildman–Crippen LogP) is 4.00. The summed E-state index contributed by atoms with van der Waals surface area (Å²) in [7, 11) is 1.33. The van der Waals surface area contributed by atoms with Crippen LogP contribution in [0.5, 0.6) is 0 Å². The van der Waals surface area contributed by atoms with Crippen LogP contribution in [0.15, 0.2) is 54.6 Å². The first-order chi connectivity index (χ1) is 17.1. The smallest absolute Gasteiger partial charge is 0.408 e. The first kappa shape index (κ1) is 27.2. The Balaban J connectivity index is 1.86. The molecule has 2 amide bonds. The van der Waals surface area contributed by atoms with Crippen LogP contribution < -0.4 is 5.32 Å². The number of carbonyl (C=O) groups is 3. The molecule has 1 aliphatic rings. The van der Waals surface area contributed by atoms with Gasteiger partial charge < -0.3 is 24.4 Å². The highest BCUT2D eigenvalue weighted by Gasteiger charge is 2.38. The Hall–Kier alpha value is -3.39. The molecule has 0 aromatic heterocycles. The fourth-order valence-electron chi connectivity index (χ4n) is 4.19. The zero-order valence-corrected chi connectivity index (χ0v) is 21.7. The summed E-state index contributed by atoms with van der Waals surface area (Å²) in [5.41, 5.74) is 2.30. The number of alkyl carbamates (subject to hydrolysis) is 1. The SMILES string of the molecule is COC(=O)C[C@H]1Cc2ccccc2CN1C(=O)[C@@H](NC(=O)OC(C)(C)C)[C@@H](C)OCc1ccccc1. The van der Waals surface area contributed by atoms with Crippen LogP contribution in [0.4, 0.5) is 4.79 Å². The van der Waals surface area contributed by atoms with Crippen LogP contribution in [0, 0.1) is 0 Å². The van der Waals surface area contributed by atoms with Crippen LogP contribution in [0.3, 0.4) is 0 Å². The molecule has 0 saturated carbocycles. The van der Waals surface area contributed by atoms with Crippen LogP contribution >= 0.6 is 0 Å². The minimum Gasteiger partial charge on any atom is -0.469 e. The van der Waals surface area contributed by atoms with E-state index in [4.69, 9.17) is 14.2 Å². The largest absolute Gasteiger partial charge is 0.469 e. The van der Waals surface area contributed by atoms with Crippen molar-refractivity contribution in [1.29, 1.82) is 0 Å². The van der Waals surface area contributed by atoms with Crippen molar-refractivity contribution in [2.45, 2.75) is 77.5 Å². The Bertz CT molecular complexity index is 1050. The molecule has 0 unspecified atom stereocenters. The fourth-order valence-corrected chi connectivity index (χ4v) is 4.19. The van der Waals surface area contributed by atoms with Gasteiger partial charge in [0.1, 0.15) is 11.6 Å². The van der Waals surface area contributed by atoms with Crippen LogP contribution in [0.25, 0.3) is 0 Å². The molecule has 36 heavy (non-hydrogen) atoms. The van der Waals surface area contributed by atoms with E-state index in [9.17, 15) is 14.4 Å². The van der Waals surface area contributed by atoms with Crippen molar-refractivity contribution in [3.05, 3.63) is 71.3 Å². The monoisotopic (exact) mass is 496 g/mol. The molecule has 1 N–H and O–H groups in total. The molecule has 0 aliphatic carbocycles. The van der Waals surface area contributed by atoms with Gasteiger partial charge in [0.2, 0.25) is 5.91 Å². The normalized spacial score (nSPS) is 16.9. The molecule has 0 bridgehead atoms. The second-order valence-corrected chi connectivity index (χ2v) is 10.00. The fraction of sp³-hybridized carbons (Fsp3) is 0.464. The van der Waals surface area contributed by atoms with Crippen LogP contribution in [0.1, 0.15) is 50.8 Å². The van der Waals surface area contributed by atoms with Crippen molar-refractivity contribution >= 4 is 18.0 Å². The molecule has 0 saturated heterocycles. The topological polar surface area (TPSA) is 94.2 Å². The first-order valence-electron chi connectivity index (χ1n) is 12.2. The molecule has 1 heterocycles. The molecule has 2 aromatic rings. The maximum absolute atomic E-state index is 14.0. The van der Waals surface area contributed by atoms with E-state index in [-0.39, 0.29) is 18.9 Å². The van der Waals surface area contributed by atoms with E-state index in [1.54, 1.807) is 32.6 Å². The van der Waals surface area contributed by atoms with Gasteiger partial charge in [-0.2, -0.15) is 0 Å². The van der Waals surface area contributed by atoms with Gasteiger partial charge in [-0.05, 0) is 50.8 Å². The number of rotatable bonds is 8. The molecular formula is C28H36N2O6. The number of hydrogen-bond acceptors (Lipinski definition) is 6. The quantitative estimate of drug-likeness (QED) is 0.555. The standard InChI is InChI=1S/C28H36N2O6/c1-19(35-18-20-11-7-6-8-12-20)25(29-27(33)36-28(2,3)4)26(32)30-17-22-14-10-9-13-21(22)15-23(30)16-24(31)34-5/h6-14,19,23,25H,15-18H2,1-5H3,(H,29,33)/t19-,23-,25+/m1/s1. The third-order valence-electron chi connectivity index (χ3n) is 6.03. The Morgan fingerprint density at radius 1 is 1.03 bits per heavy atom. The molecule has 0 radical (unpaired) electrons. The van der Waals surface area contributed by atoms with E-state index < -0.39 is 35.9 Å². The summed E-state index contributed by atoms with van der Waals surface area (Å²) in [6, 6.07) is 16.0. The van der Waals surface area contributed by atoms with Crippen molar-refractivity contribution in [1.82, 2.24) is 10.2 Å². The van der Waals surface area contributed by atoms with E-state index in [0.717, 1.165) is 16.7 Å². The third kappa shape index (κ3) is 7.55. The lowest BCUT2D eigenvalue weighted by Gasteiger charge is -2.39. The molecular weight excluding hydrogens is 460 g/mol. The number of nitrogens with one attached hydrogen (secondary N) is 1. The molecule has 0 fully saturated rings. The average molecular weight is 497 g/mol. The van der Waals surface area contributed by atoms with Crippen molar-refractivity contribution in [2.75, 3.05) is 7.11 Å². The van der Waals surface area contributed by atoms with Crippen molar-refractivity contribution < 1.29 is 28.6 Å². The number of methoxy groups -OCH3 is 1. The van der Waals surface area contributed by atoms with E-state index >= 15 is 0 Å². The zero-order chi connectivity index (χ0) is 26.3. The van der Waals surface area contributed by atoms with E-state index in [1.165, 1.54) is 7.11 Å². The Morgan fingerprint density at radius 2 is 1.67 bits per heavy atom. The Labute approximate surface area is 212 Å². The van der Waals surface area contributed by atoms with Gasteiger partial charge in [-0.15, -0.1) is 0 Å². The van der Waals surface area contributed by atoms with Crippen LogP contribution in [-0.2, 0) is 43.4 Å². The summed E-state index contributed by atoms with van der Waals surface area (Å²) >= 11 is 0. The first-order valence-corrected chi connectivity index (χ1v) is 12.2. The minimum atomic E-state index is -1.02. The van der Waals surface area contributed by atoms with Crippen LogP contribution in [0.2, 0.25) is 0 Å². The lowest BCUT2D eigenvalue weighted by atomic mass is 9.91. The van der Waals surface area contributed by atoms with Gasteiger partial charge >= 0.3 is 12.1 Å². The van der Waals surface area contributed by atoms with Gasteiger partial charge in [0.05, 0.1) is 26.2 Å². The van der Waals surface area contributed by atoms with Crippen molar-refractivity contribution in [2.24, 2.45) is 0 Å². The van der Waals surface area contributed by atoms with Crippen LogP contribution in [-0.4, -0.2) is 53.8 Å². The molecule has 8 heteroatoms. The minimum absolute atomic E-state index is 0.0506. The number of esters is 1. The zero-order valence-electron chi connectivity index (χ0n) is 21.7. The summed E-state index contributed by atoms with van der Waals surface area (Å²) in [4.78, 5) is 40.5. The Morgan fingerprint density at radius 3 is 2.31 bits per heavy atom. The third-order valence-corrected chi connectivity index (χ3v) is 6.03. The lowest BCUT2D eigenvalue weighted by Crippen LogP contribution is -2.58. The lowest BCUT2D eigenvalue weighted by molar-refractivity contribution is -0.146. The van der Waals surface area contributed by atoms with Gasteiger partial charge in [-0.1, -0.05) is 54.6 Å². The molecule has 194 valence electrons. The second kappa shape index (κ2) is 12.0. The van der Waals surface area contributed by atoms with Crippen molar-refractivity contribution in [3.63, 3.8) is 0 Å². The molecule has 0 spiro atoms. The number of hydrogen-bond donors (Lipinski definition) is 1. The highest BCUT2D eigenvalue weighted by atomic mass is 16.6. The van der Waals surface area contributed by atoms with Gasteiger partial charge in [0.25, 0.3) is 0 Å². The number of nitrogens with zero attached hydrogens (tertiary/aromatic N) is 1. The van der Waals surface area contributed by atoms with E-state index in [1.807, 2.05) is 54.6 Å². The van der Waals surface area contributed by atoms with Crippen molar-refractivity contribution in [3.8, 4) is 0 Å². The number of amides is 2. The molecule has 3 rings (SSSR count). The van der Waals surface area contributed by atoms with Gasteiger partial charge in [-0.3, -0.25) is 9.59 Å². The predicted molar refractivity (Wildman–Crippen MR) is 135 cm³/mol. The summed E-state index contributed by atoms with van der Waals surface area (Å²) in [6.45, 7) is 7.60. The van der Waals surface area contributed by atoms with Gasteiger partial charge in [0.15, 0.2) is 0 Å². The number of ether oxygens (including phenoxy) is 3. The highest BCUT2D eigenvalue weighted by Crippen LogP contribution is 2.27. The summed E-state index contributed by atoms with van der Waals surface area (Å²) in [5, 5.41) is 2.72. The maximum Gasteiger partial charge on any atom is 0.408 e. The van der Waals surface area contributed by atoms with E-state index in [0.29, 0.717) is 13.0 Å². The molecule has 3 atom stereocenters. The molecule has 1 aliphatic heterocycles. The average Bonchev–Trinajstić information content (AvgIpc) is 2.84. The number of fused-ring (bicyclic) bond motifs is 1. The number of benzene rings is 2. The maximum atomic E-state index is 14.0. The molecule has 2 aromatic carbocycles. The molecule has 8 nitrogen and oxygen atoms in total. The summed E-state index contributed by atoms with van der Waals surface area (Å²) in [6.07, 6.45) is -0.816. The highest BCUT2D eigenvalue weighted by molar-refractivity contribution is 5.87. The second-order valence-electron chi connectivity index (χ2n) is 10.00. The summed E-state index contributed by atoms with van der Waals surface area (Å²) in [5.74, 6) is -0.743. The van der Waals surface area contributed by atoms with Gasteiger partial charge in [-0.25, -0.2) is 4.79 Å². The number of carbonyl (C=O) groups excluding carboxylic acids is 3. The van der Waals surface area contributed by atoms with E-state index in [2.05, 4.69) is 5.32 Å². The van der Waals surface area contributed by atoms with Gasteiger partial charge in [0, 0.05) is 12.6 Å². The summed E-state index contributed by atoms with van der Waals surface area (Å²) < 4.78 is 16.4.